The van der Waals surface area contributed by atoms with Crippen molar-refractivity contribution >= 4 is 115 Å². The molecule has 5 nitrogen and oxygen atoms in total. The van der Waals surface area contributed by atoms with Crippen LogP contribution in [0.1, 0.15) is 19.3 Å². The molecule has 0 saturated heterocycles. The van der Waals surface area contributed by atoms with Gasteiger partial charge in [0.25, 0.3) is 0 Å². The number of carbonyl (C=O) groups is 2. The van der Waals surface area contributed by atoms with Crippen molar-refractivity contribution in [2.45, 2.75) is 25.4 Å². The number of hydrogen-bond donors (Lipinski definition) is 3. The molecule has 0 aliphatic rings. The monoisotopic (exact) mass is 242 g/mol. The van der Waals surface area contributed by atoms with Crippen LogP contribution in [0.5, 0.6) is 0 Å². The minimum atomic E-state index is -1.12. The zero-order valence-corrected chi connectivity index (χ0v) is 5.86. The second kappa shape index (κ2) is 12.2. The minimum absolute atomic E-state index is 0. The van der Waals surface area contributed by atoms with E-state index in [0.29, 0.717) is 0 Å². The Hall–Kier alpha value is 2.17. The van der Waals surface area contributed by atoms with Crippen molar-refractivity contribution in [3.05, 3.63) is 0 Å². The molecule has 0 amide bonds. The normalized spacial score (nSPS) is 10.5. The zero-order valence-electron chi connectivity index (χ0n) is 5.86. The first-order valence-corrected chi connectivity index (χ1v) is 3.14. The molecular formula is C6H12K2O5. The molecule has 0 aromatic heterocycles. The Kier molecular flexibility index (Phi) is 19.4. The van der Waals surface area contributed by atoms with Crippen LogP contribution < -0.4 is 0 Å². The molecule has 1 atom stereocenters. The summed E-state index contributed by atoms with van der Waals surface area (Å²) < 4.78 is 0. The van der Waals surface area contributed by atoms with E-state index in [-0.39, 0.29) is 116 Å². The molecule has 1 unspecified atom stereocenters. The Labute approximate surface area is 161 Å². The quantitative estimate of drug-likeness (QED) is 0.504. The molecule has 0 radical (unpaired) electrons. The summed E-state index contributed by atoms with van der Waals surface area (Å²) in [6.07, 6.45) is -1.66. The van der Waals surface area contributed by atoms with Crippen molar-refractivity contribution in [1.29, 1.82) is 0 Å². The van der Waals surface area contributed by atoms with E-state index in [9.17, 15) is 9.59 Å². The number of rotatable bonds is 5. The van der Waals surface area contributed by atoms with Crippen molar-refractivity contribution in [3.63, 3.8) is 0 Å². The summed E-state index contributed by atoms with van der Waals surface area (Å²) in [6.45, 7) is 0. The fourth-order valence-corrected chi connectivity index (χ4v) is 0.594. The molecule has 0 heterocycles. The molecule has 0 aromatic rings. The fraction of sp³-hybridized carbons (Fsp3) is 0.667. The van der Waals surface area contributed by atoms with E-state index in [1.54, 1.807) is 0 Å². The summed E-state index contributed by atoms with van der Waals surface area (Å²) in [5.41, 5.74) is 0. The Morgan fingerprint density at radius 3 is 1.85 bits per heavy atom. The standard InChI is InChI=1S/C6H10O5.2K.2H/c7-4(3-6(10)11)1-2-5(8)9;;;;/h4,7H,1-3H2,(H,8,9)(H,10,11);;;;. The van der Waals surface area contributed by atoms with Crippen molar-refractivity contribution in [3.8, 4) is 0 Å². The summed E-state index contributed by atoms with van der Waals surface area (Å²) in [4.78, 5) is 19.9. The number of carboxylic acids is 2. The molecule has 0 spiro atoms. The Balaban J connectivity index is -0.000000500. The molecule has 0 saturated carbocycles. The summed E-state index contributed by atoms with van der Waals surface area (Å²) in [5, 5.41) is 25.1. The maximum atomic E-state index is 9.95. The third-order valence-corrected chi connectivity index (χ3v) is 1.10. The van der Waals surface area contributed by atoms with Crippen molar-refractivity contribution in [1.82, 2.24) is 0 Å². The SMILES string of the molecule is O=C(O)CCC(O)CC(=O)O.[KH].[KH]. The average molecular weight is 242 g/mol. The molecule has 7 heteroatoms. The molecule has 68 valence electrons. The maximum absolute atomic E-state index is 9.95. The average Bonchev–Trinajstić information content (AvgIpc) is 1.82. The van der Waals surface area contributed by atoms with Gasteiger partial charge in [0.15, 0.2) is 0 Å². The Morgan fingerprint density at radius 2 is 1.54 bits per heavy atom. The van der Waals surface area contributed by atoms with Crippen molar-refractivity contribution in [2.75, 3.05) is 0 Å². The fourth-order valence-electron chi connectivity index (χ4n) is 0.594. The van der Waals surface area contributed by atoms with E-state index in [0.717, 1.165) is 0 Å². The summed E-state index contributed by atoms with van der Waals surface area (Å²) in [6, 6.07) is 0. The topological polar surface area (TPSA) is 94.8 Å². The van der Waals surface area contributed by atoms with Crippen LogP contribution in [0.2, 0.25) is 0 Å². The predicted molar refractivity (Wildman–Crippen MR) is 49.4 cm³/mol. The third-order valence-electron chi connectivity index (χ3n) is 1.10. The summed E-state index contributed by atoms with van der Waals surface area (Å²) in [5.74, 6) is -2.16. The molecule has 0 rings (SSSR count). The van der Waals surface area contributed by atoms with Crippen LogP contribution in [0.3, 0.4) is 0 Å². The van der Waals surface area contributed by atoms with Gasteiger partial charge in [-0.25, -0.2) is 0 Å². The molecule has 3 N–H and O–H groups in total. The number of carboxylic acid groups (broad SMARTS) is 2. The molecule has 0 bridgehead atoms. The molecule has 0 aromatic carbocycles. The van der Waals surface area contributed by atoms with Gasteiger partial charge in [0.05, 0.1) is 12.5 Å². The zero-order chi connectivity index (χ0) is 8.85. The van der Waals surface area contributed by atoms with E-state index >= 15 is 0 Å². The van der Waals surface area contributed by atoms with Gasteiger partial charge in [0.1, 0.15) is 0 Å². The van der Waals surface area contributed by atoms with E-state index in [1.165, 1.54) is 0 Å². The van der Waals surface area contributed by atoms with Gasteiger partial charge >= 0.3 is 115 Å². The first-order chi connectivity index (χ1) is 5.02. The number of aliphatic hydroxyl groups excluding tert-OH is 1. The second-order valence-corrected chi connectivity index (χ2v) is 2.18. The van der Waals surface area contributed by atoms with Gasteiger partial charge in [-0.2, -0.15) is 0 Å². The van der Waals surface area contributed by atoms with Gasteiger partial charge < -0.3 is 15.3 Å². The van der Waals surface area contributed by atoms with Crippen LogP contribution in [-0.4, -0.2) is 136 Å². The van der Waals surface area contributed by atoms with Crippen molar-refractivity contribution < 1.29 is 24.9 Å². The predicted octanol–water partition coefficient (Wildman–Crippen LogP) is -1.61. The van der Waals surface area contributed by atoms with Gasteiger partial charge in [0.2, 0.25) is 0 Å². The number of aliphatic hydroxyl groups is 1. The van der Waals surface area contributed by atoms with Crippen LogP contribution in [0, 0.1) is 0 Å². The van der Waals surface area contributed by atoms with Gasteiger partial charge in [-0.1, -0.05) is 0 Å². The summed E-state index contributed by atoms with van der Waals surface area (Å²) >= 11 is 0. The molecular weight excluding hydrogens is 230 g/mol. The van der Waals surface area contributed by atoms with Gasteiger partial charge in [-0.05, 0) is 6.42 Å². The molecule has 0 fully saturated rings. The van der Waals surface area contributed by atoms with Crippen LogP contribution in [-0.2, 0) is 9.59 Å². The van der Waals surface area contributed by atoms with Crippen LogP contribution in [0.25, 0.3) is 0 Å². The van der Waals surface area contributed by atoms with Crippen LogP contribution in [0.4, 0.5) is 0 Å². The number of aliphatic carboxylic acids is 2. The van der Waals surface area contributed by atoms with E-state index in [1.807, 2.05) is 0 Å². The molecule has 13 heavy (non-hydrogen) atoms. The summed E-state index contributed by atoms with van der Waals surface area (Å²) in [7, 11) is 0. The van der Waals surface area contributed by atoms with E-state index in [2.05, 4.69) is 0 Å². The Morgan fingerprint density at radius 1 is 1.08 bits per heavy atom. The van der Waals surface area contributed by atoms with Crippen molar-refractivity contribution in [2.24, 2.45) is 0 Å². The number of hydrogen-bond acceptors (Lipinski definition) is 3. The van der Waals surface area contributed by atoms with Crippen LogP contribution in [0.15, 0.2) is 0 Å². The first-order valence-electron chi connectivity index (χ1n) is 3.14. The second-order valence-electron chi connectivity index (χ2n) is 2.18. The molecule has 0 aliphatic carbocycles. The Bertz CT molecular complexity index is 161. The molecule has 0 aliphatic heterocycles. The van der Waals surface area contributed by atoms with Gasteiger partial charge in [0, 0.05) is 6.42 Å². The first kappa shape index (κ1) is 20.6. The third kappa shape index (κ3) is 16.8. The van der Waals surface area contributed by atoms with Gasteiger partial charge in [-0.3, -0.25) is 9.59 Å². The van der Waals surface area contributed by atoms with Crippen LogP contribution >= 0.6 is 0 Å². The van der Waals surface area contributed by atoms with Gasteiger partial charge in [-0.15, -0.1) is 0 Å². The van der Waals surface area contributed by atoms with E-state index in [4.69, 9.17) is 15.3 Å². The van der Waals surface area contributed by atoms with E-state index < -0.39 is 24.5 Å².